The fourth-order valence-electron chi connectivity index (χ4n) is 2.54. The van der Waals surface area contributed by atoms with Crippen molar-refractivity contribution in [3.63, 3.8) is 0 Å². The second-order valence-electron chi connectivity index (χ2n) is 4.87. The zero-order valence-electron chi connectivity index (χ0n) is 10.4. The van der Waals surface area contributed by atoms with Gasteiger partial charge in [0.1, 0.15) is 0 Å². The maximum Gasteiger partial charge on any atom is 0.230 e. The number of hydrogen-bond donors (Lipinski definition) is 1. The van der Waals surface area contributed by atoms with Crippen LogP contribution in [-0.4, -0.2) is 16.8 Å². The molecular formula is C15H14N2O2. The van der Waals surface area contributed by atoms with Gasteiger partial charge in [0, 0.05) is 30.1 Å². The summed E-state index contributed by atoms with van der Waals surface area (Å²) >= 11 is 0. The zero-order chi connectivity index (χ0) is 13.2. The molecule has 2 amide bonds. The molecule has 0 saturated carbocycles. The molecule has 1 aliphatic heterocycles. The quantitative estimate of drug-likeness (QED) is 0.832. The molecule has 1 aromatic heterocycles. The molecule has 3 rings (SSSR count). The second kappa shape index (κ2) is 4.80. The first-order chi connectivity index (χ1) is 9.24. The Morgan fingerprint density at radius 2 is 2.05 bits per heavy atom. The highest BCUT2D eigenvalue weighted by atomic mass is 16.2. The number of aromatic nitrogens is 1. The highest BCUT2D eigenvalue weighted by Crippen LogP contribution is 2.23. The Morgan fingerprint density at radius 1 is 1.21 bits per heavy atom. The smallest absolute Gasteiger partial charge is 0.230 e. The van der Waals surface area contributed by atoms with Crippen LogP contribution in [0.4, 0.5) is 0 Å². The Morgan fingerprint density at radius 3 is 2.89 bits per heavy atom. The molecule has 1 N–H and O–H groups in total. The van der Waals surface area contributed by atoms with Crippen molar-refractivity contribution in [2.45, 2.75) is 19.3 Å². The summed E-state index contributed by atoms with van der Waals surface area (Å²) in [5, 5.41) is 4.60. The van der Waals surface area contributed by atoms with Gasteiger partial charge >= 0.3 is 0 Å². The Labute approximate surface area is 110 Å². The van der Waals surface area contributed by atoms with Crippen molar-refractivity contribution in [1.82, 2.24) is 10.3 Å². The Kier molecular flexibility index (Phi) is 2.99. The lowest BCUT2D eigenvalue weighted by Crippen LogP contribution is -2.41. The highest BCUT2D eigenvalue weighted by molar-refractivity contribution is 5.99. The molecule has 2 aromatic rings. The summed E-state index contributed by atoms with van der Waals surface area (Å²) < 4.78 is 0. The SMILES string of the molecule is O=C1CCC(Cc2cncc3ccccc23)C(=O)N1. The lowest BCUT2D eigenvalue weighted by Gasteiger charge is -2.21. The standard InChI is InChI=1S/C15H14N2O2/c18-14-6-5-10(15(19)17-14)7-12-9-16-8-11-3-1-2-4-13(11)12/h1-4,8-10H,5-7H2,(H,17,18,19). The van der Waals surface area contributed by atoms with Crippen LogP contribution in [0.1, 0.15) is 18.4 Å². The average molecular weight is 254 g/mol. The van der Waals surface area contributed by atoms with Crippen molar-refractivity contribution in [1.29, 1.82) is 0 Å². The fraction of sp³-hybridized carbons (Fsp3) is 0.267. The van der Waals surface area contributed by atoms with Crippen LogP contribution >= 0.6 is 0 Å². The van der Waals surface area contributed by atoms with Gasteiger partial charge in [0.05, 0.1) is 0 Å². The third-order valence-corrected chi connectivity index (χ3v) is 3.57. The number of carbonyl (C=O) groups is 2. The van der Waals surface area contributed by atoms with E-state index >= 15 is 0 Å². The van der Waals surface area contributed by atoms with Gasteiger partial charge in [0.2, 0.25) is 11.8 Å². The van der Waals surface area contributed by atoms with E-state index in [1.165, 1.54) is 0 Å². The molecule has 1 fully saturated rings. The number of nitrogens with zero attached hydrogens (tertiary/aromatic N) is 1. The number of carbonyl (C=O) groups excluding carboxylic acids is 2. The monoisotopic (exact) mass is 254 g/mol. The summed E-state index contributed by atoms with van der Waals surface area (Å²) in [7, 11) is 0. The van der Waals surface area contributed by atoms with Gasteiger partial charge in [-0.3, -0.25) is 19.9 Å². The molecule has 1 unspecified atom stereocenters. The first-order valence-electron chi connectivity index (χ1n) is 6.39. The molecule has 4 heteroatoms. The van der Waals surface area contributed by atoms with Crippen LogP contribution in [0.25, 0.3) is 10.8 Å². The van der Waals surface area contributed by atoms with Crippen molar-refractivity contribution in [3.05, 3.63) is 42.2 Å². The first kappa shape index (κ1) is 11.8. The molecule has 19 heavy (non-hydrogen) atoms. The van der Waals surface area contributed by atoms with Gasteiger partial charge in [0.15, 0.2) is 0 Å². The van der Waals surface area contributed by atoms with Crippen molar-refractivity contribution in [2.75, 3.05) is 0 Å². The van der Waals surface area contributed by atoms with Gasteiger partial charge in [-0.25, -0.2) is 0 Å². The van der Waals surface area contributed by atoms with Crippen molar-refractivity contribution in [2.24, 2.45) is 5.92 Å². The summed E-state index contributed by atoms with van der Waals surface area (Å²) in [6.07, 6.45) is 5.31. The topological polar surface area (TPSA) is 59.1 Å². The summed E-state index contributed by atoms with van der Waals surface area (Å²) in [6.45, 7) is 0. The molecule has 1 aromatic carbocycles. The molecule has 1 saturated heterocycles. The summed E-state index contributed by atoms with van der Waals surface area (Å²) in [4.78, 5) is 27.2. The minimum Gasteiger partial charge on any atom is -0.296 e. The van der Waals surface area contributed by atoms with E-state index in [9.17, 15) is 9.59 Å². The molecule has 0 radical (unpaired) electrons. The van der Waals surface area contributed by atoms with E-state index in [1.54, 1.807) is 0 Å². The van der Waals surface area contributed by atoms with Crippen molar-refractivity contribution in [3.8, 4) is 0 Å². The predicted octanol–water partition coefficient (Wildman–Crippen LogP) is 1.83. The van der Waals surface area contributed by atoms with E-state index in [0.717, 1.165) is 16.3 Å². The normalized spacial score (nSPS) is 19.5. The van der Waals surface area contributed by atoms with Crippen LogP contribution in [0.3, 0.4) is 0 Å². The summed E-state index contributed by atoms with van der Waals surface area (Å²) in [5.74, 6) is -0.466. The Balaban J connectivity index is 1.89. The highest BCUT2D eigenvalue weighted by Gasteiger charge is 2.26. The molecule has 1 atom stereocenters. The van der Waals surface area contributed by atoms with E-state index in [4.69, 9.17) is 0 Å². The Hall–Kier alpha value is -2.23. The average Bonchev–Trinajstić information content (AvgIpc) is 2.42. The van der Waals surface area contributed by atoms with E-state index < -0.39 is 0 Å². The summed E-state index contributed by atoms with van der Waals surface area (Å²) in [5.41, 5.74) is 1.06. The van der Waals surface area contributed by atoms with Crippen molar-refractivity contribution < 1.29 is 9.59 Å². The minimum atomic E-state index is -0.169. The molecule has 2 heterocycles. The summed E-state index contributed by atoms with van der Waals surface area (Å²) in [6, 6.07) is 8.00. The van der Waals surface area contributed by atoms with Crippen LogP contribution in [-0.2, 0) is 16.0 Å². The molecule has 0 aliphatic carbocycles. The third kappa shape index (κ3) is 2.34. The third-order valence-electron chi connectivity index (χ3n) is 3.57. The van der Waals surface area contributed by atoms with E-state index in [2.05, 4.69) is 10.3 Å². The molecular weight excluding hydrogens is 240 g/mol. The second-order valence-corrected chi connectivity index (χ2v) is 4.87. The van der Waals surface area contributed by atoms with Gasteiger partial charge in [-0.05, 0) is 23.8 Å². The van der Waals surface area contributed by atoms with Crippen molar-refractivity contribution >= 4 is 22.6 Å². The predicted molar refractivity (Wildman–Crippen MR) is 71.3 cm³/mol. The number of pyridine rings is 1. The van der Waals surface area contributed by atoms with E-state index in [1.807, 2.05) is 36.7 Å². The number of hydrogen-bond acceptors (Lipinski definition) is 3. The largest absolute Gasteiger partial charge is 0.296 e. The van der Waals surface area contributed by atoms with Gasteiger partial charge in [-0.15, -0.1) is 0 Å². The fourth-order valence-corrected chi connectivity index (χ4v) is 2.54. The van der Waals surface area contributed by atoms with Crippen LogP contribution in [0.15, 0.2) is 36.7 Å². The van der Waals surface area contributed by atoms with Gasteiger partial charge in [-0.2, -0.15) is 0 Å². The van der Waals surface area contributed by atoms with Gasteiger partial charge in [0.25, 0.3) is 0 Å². The lowest BCUT2D eigenvalue weighted by molar-refractivity contribution is -0.136. The Bertz CT molecular complexity index is 646. The molecule has 0 spiro atoms. The maximum atomic E-state index is 11.8. The van der Waals surface area contributed by atoms with Crippen LogP contribution in [0, 0.1) is 5.92 Å². The number of rotatable bonds is 2. The number of amides is 2. The van der Waals surface area contributed by atoms with Gasteiger partial charge < -0.3 is 0 Å². The number of nitrogens with one attached hydrogen (secondary N) is 1. The number of piperidine rings is 1. The molecule has 96 valence electrons. The maximum absolute atomic E-state index is 11.8. The van der Waals surface area contributed by atoms with Crippen LogP contribution in [0.5, 0.6) is 0 Å². The molecule has 1 aliphatic rings. The lowest BCUT2D eigenvalue weighted by atomic mass is 9.90. The van der Waals surface area contributed by atoms with E-state index in [-0.39, 0.29) is 17.7 Å². The van der Waals surface area contributed by atoms with Gasteiger partial charge in [-0.1, -0.05) is 24.3 Å². The van der Waals surface area contributed by atoms with Crippen LogP contribution < -0.4 is 5.32 Å². The minimum absolute atomic E-state index is 0.134. The number of imide groups is 1. The van der Waals surface area contributed by atoms with Crippen LogP contribution in [0.2, 0.25) is 0 Å². The number of fused-ring (bicyclic) bond motifs is 1. The molecule has 4 nitrogen and oxygen atoms in total. The zero-order valence-corrected chi connectivity index (χ0v) is 10.4. The first-order valence-corrected chi connectivity index (χ1v) is 6.39. The number of benzene rings is 1. The molecule has 0 bridgehead atoms. The van der Waals surface area contributed by atoms with E-state index in [0.29, 0.717) is 19.3 Å².